The van der Waals surface area contributed by atoms with E-state index in [1.165, 1.54) is 23.5 Å². The molecule has 2 aromatic rings. The number of benzene rings is 1. The molecule has 1 fully saturated rings. The lowest BCUT2D eigenvalue weighted by Crippen LogP contribution is -2.48. The normalized spacial score (nSPS) is 14.8. The number of nitro groups is 1. The predicted octanol–water partition coefficient (Wildman–Crippen LogP) is 3.45. The lowest BCUT2D eigenvalue weighted by molar-refractivity contribution is -0.384. The summed E-state index contributed by atoms with van der Waals surface area (Å²) in [6.45, 7) is 8.72. The number of thiazole rings is 1. The number of aryl methyl sites for hydroxylation is 1. The van der Waals surface area contributed by atoms with Crippen LogP contribution >= 0.6 is 11.3 Å². The average molecular weight is 374 g/mol. The van der Waals surface area contributed by atoms with E-state index >= 15 is 0 Å². The van der Waals surface area contributed by atoms with Crippen LogP contribution in [-0.2, 0) is 0 Å². The standard InChI is InChI=1S/C18H22N4O3S/c1-12(2)17-19-13(3)16(26-17)18(23)21-10-8-20(9-11-21)14-4-6-15(7-5-14)22(24)25/h4-7,12H,8-11H2,1-3H3. The maximum Gasteiger partial charge on any atom is 0.269 e. The largest absolute Gasteiger partial charge is 0.368 e. The fraction of sp³-hybridized carbons (Fsp3) is 0.444. The van der Waals surface area contributed by atoms with Crippen molar-refractivity contribution in [2.45, 2.75) is 26.7 Å². The molecular weight excluding hydrogens is 352 g/mol. The SMILES string of the molecule is Cc1nc(C(C)C)sc1C(=O)N1CCN(c2ccc([N+](=O)[O-])cc2)CC1. The van der Waals surface area contributed by atoms with Crippen molar-refractivity contribution in [1.82, 2.24) is 9.88 Å². The highest BCUT2D eigenvalue weighted by molar-refractivity contribution is 7.13. The zero-order valence-corrected chi connectivity index (χ0v) is 16.0. The molecule has 138 valence electrons. The molecule has 0 spiro atoms. The Hall–Kier alpha value is -2.48. The molecule has 2 heterocycles. The topological polar surface area (TPSA) is 79.6 Å². The fourth-order valence-corrected chi connectivity index (χ4v) is 4.00. The molecule has 0 atom stereocenters. The second-order valence-electron chi connectivity index (χ2n) is 6.67. The van der Waals surface area contributed by atoms with Crippen LogP contribution in [0.25, 0.3) is 0 Å². The highest BCUT2D eigenvalue weighted by Gasteiger charge is 2.26. The number of carbonyl (C=O) groups excluding carboxylic acids is 1. The van der Waals surface area contributed by atoms with E-state index in [1.807, 2.05) is 11.8 Å². The van der Waals surface area contributed by atoms with Crippen LogP contribution in [0.3, 0.4) is 0 Å². The van der Waals surface area contributed by atoms with E-state index in [2.05, 4.69) is 23.7 Å². The van der Waals surface area contributed by atoms with Gasteiger partial charge in [0.2, 0.25) is 0 Å². The molecule has 0 aliphatic carbocycles. The van der Waals surface area contributed by atoms with Gasteiger partial charge in [-0.1, -0.05) is 13.8 Å². The van der Waals surface area contributed by atoms with Crippen molar-refractivity contribution < 1.29 is 9.72 Å². The Kier molecular flexibility index (Phi) is 5.22. The quantitative estimate of drug-likeness (QED) is 0.605. The Morgan fingerprint density at radius 2 is 1.81 bits per heavy atom. The van der Waals surface area contributed by atoms with Crippen molar-refractivity contribution in [3.05, 3.63) is 50.0 Å². The number of amides is 1. The minimum absolute atomic E-state index is 0.0512. The zero-order valence-electron chi connectivity index (χ0n) is 15.1. The van der Waals surface area contributed by atoms with Gasteiger partial charge in [-0.15, -0.1) is 11.3 Å². The van der Waals surface area contributed by atoms with Crippen molar-refractivity contribution in [2.24, 2.45) is 0 Å². The third-order valence-corrected chi connectivity index (χ3v) is 5.94. The first-order valence-corrected chi connectivity index (χ1v) is 9.44. The number of hydrogen-bond acceptors (Lipinski definition) is 6. The van der Waals surface area contributed by atoms with Gasteiger partial charge in [0.1, 0.15) is 4.88 Å². The van der Waals surface area contributed by atoms with Crippen molar-refractivity contribution >= 4 is 28.6 Å². The summed E-state index contributed by atoms with van der Waals surface area (Å²) in [5.41, 5.74) is 1.84. The summed E-state index contributed by atoms with van der Waals surface area (Å²) >= 11 is 1.49. The van der Waals surface area contributed by atoms with Gasteiger partial charge < -0.3 is 9.80 Å². The van der Waals surface area contributed by atoms with E-state index in [9.17, 15) is 14.9 Å². The van der Waals surface area contributed by atoms with Crippen molar-refractivity contribution in [2.75, 3.05) is 31.1 Å². The molecule has 0 N–H and O–H groups in total. The van der Waals surface area contributed by atoms with E-state index in [-0.39, 0.29) is 11.6 Å². The van der Waals surface area contributed by atoms with Gasteiger partial charge in [0.05, 0.1) is 15.6 Å². The van der Waals surface area contributed by atoms with Gasteiger partial charge in [-0.3, -0.25) is 14.9 Å². The summed E-state index contributed by atoms with van der Waals surface area (Å²) in [6.07, 6.45) is 0. The van der Waals surface area contributed by atoms with Crippen molar-refractivity contribution in [1.29, 1.82) is 0 Å². The Morgan fingerprint density at radius 3 is 2.31 bits per heavy atom. The molecule has 1 saturated heterocycles. The number of rotatable bonds is 4. The third-order valence-electron chi connectivity index (χ3n) is 4.49. The number of nitrogens with zero attached hydrogens (tertiary/aromatic N) is 4. The first kappa shape index (κ1) is 18.3. The zero-order chi connectivity index (χ0) is 18.8. The lowest BCUT2D eigenvalue weighted by atomic mass is 10.2. The summed E-state index contributed by atoms with van der Waals surface area (Å²) in [5, 5.41) is 11.8. The van der Waals surface area contributed by atoms with Crippen LogP contribution in [0.5, 0.6) is 0 Å². The molecule has 0 unspecified atom stereocenters. The fourth-order valence-electron chi connectivity index (χ4n) is 2.96. The molecule has 3 rings (SSSR count). The van der Waals surface area contributed by atoms with Gasteiger partial charge in [-0.05, 0) is 19.1 Å². The monoisotopic (exact) mass is 374 g/mol. The van der Waals surface area contributed by atoms with E-state index in [4.69, 9.17) is 0 Å². The second-order valence-corrected chi connectivity index (χ2v) is 7.70. The maximum atomic E-state index is 12.8. The average Bonchev–Trinajstić information content (AvgIpc) is 3.03. The van der Waals surface area contributed by atoms with Crippen LogP contribution in [0, 0.1) is 17.0 Å². The minimum atomic E-state index is -0.400. The van der Waals surface area contributed by atoms with Gasteiger partial charge in [-0.25, -0.2) is 4.98 Å². The number of hydrogen-bond donors (Lipinski definition) is 0. The smallest absolute Gasteiger partial charge is 0.269 e. The van der Waals surface area contributed by atoms with Gasteiger partial charge in [-0.2, -0.15) is 0 Å². The Balaban J connectivity index is 1.64. The van der Waals surface area contributed by atoms with Gasteiger partial charge in [0, 0.05) is 49.9 Å². The summed E-state index contributed by atoms with van der Waals surface area (Å²) in [4.78, 5) is 32.4. The highest BCUT2D eigenvalue weighted by Crippen LogP contribution is 2.27. The highest BCUT2D eigenvalue weighted by atomic mass is 32.1. The molecule has 8 heteroatoms. The summed E-state index contributed by atoms with van der Waals surface area (Å²) in [5.74, 6) is 0.370. The number of non-ortho nitro benzene ring substituents is 1. The van der Waals surface area contributed by atoms with Crippen LogP contribution in [-0.4, -0.2) is 46.9 Å². The minimum Gasteiger partial charge on any atom is -0.368 e. The summed E-state index contributed by atoms with van der Waals surface area (Å²) < 4.78 is 0. The Bertz CT molecular complexity index is 808. The third kappa shape index (κ3) is 3.70. The first-order valence-electron chi connectivity index (χ1n) is 8.63. The molecular formula is C18H22N4O3S. The Labute approximate surface area is 156 Å². The molecule has 0 bridgehead atoms. The Morgan fingerprint density at radius 1 is 1.19 bits per heavy atom. The molecule has 0 saturated carbocycles. The number of nitro benzene ring substituents is 1. The van der Waals surface area contributed by atoms with Crippen LogP contribution in [0.1, 0.15) is 40.1 Å². The molecule has 1 amide bonds. The van der Waals surface area contributed by atoms with Gasteiger partial charge >= 0.3 is 0 Å². The number of anilines is 1. The summed E-state index contributed by atoms with van der Waals surface area (Å²) in [6, 6.07) is 6.55. The molecule has 1 aromatic carbocycles. The van der Waals surface area contributed by atoms with Crippen LogP contribution < -0.4 is 4.90 Å². The number of carbonyl (C=O) groups is 1. The molecule has 0 radical (unpaired) electrons. The molecule has 1 aliphatic heterocycles. The van der Waals surface area contributed by atoms with Crippen LogP contribution in [0.4, 0.5) is 11.4 Å². The van der Waals surface area contributed by atoms with Crippen molar-refractivity contribution in [3.8, 4) is 0 Å². The molecule has 1 aromatic heterocycles. The molecule has 26 heavy (non-hydrogen) atoms. The number of piperazine rings is 1. The first-order chi connectivity index (χ1) is 12.4. The van der Waals surface area contributed by atoms with Gasteiger partial charge in [0.25, 0.3) is 11.6 Å². The maximum absolute atomic E-state index is 12.8. The van der Waals surface area contributed by atoms with E-state index in [1.54, 1.807) is 12.1 Å². The summed E-state index contributed by atoms with van der Waals surface area (Å²) in [7, 11) is 0. The van der Waals surface area contributed by atoms with E-state index in [0.717, 1.165) is 21.3 Å². The predicted molar refractivity (Wildman–Crippen MR) is 102 cm³/mol. The van der Waals surface area contributed by atoms with Crippen molar-refractivity contribution in [3.63, 3.8) is 0 Å². The lowest BCUT2D eigenvalue weighted by Gasteiger charge is -2.36. The van der Waals surface area contributed by atoms with Gasteiger partial charge in [0.15, 0.2) is 0 Å². The van der Waals surface area contributed by atoms with Crippen LogP contribution in [0.15, 0.2) is 24.3 Å². The molecule has 7 nitrogen and oxygen atoms in total. The molecule has 1 aliphatic rings. The second kappa shape index (κ2) is 7.41. The van der Waals surface area contributed by atoms with E-state index in [0.29, 0.717) is 32.1 Å². The van der Waals surface area contributed by atoms with E-state index < -0.39 is 4.92 Å². The number of aromatic nitrogens is 1. The van der Waals surface area contributed by atoms with Crippen LogP contribution in [0.2, 0.25) is 0 Å².